The summed E-state index contributed by atoms with van der Waals surface area (Å²) in [6, 6.07) is 5.58. The Morgan fingerprint density at radius 2 is 2.29 bits per heavy atom. The number of hydrogen-bond acceptors (Lipinski definition) is 5. The third-order valence-corrected chi connectivity index (χ3v) is 3.85. The van der Waals surface area contributed by atoms with Crippen molar-refractivity contribution in [1.29, 1.82) is 0 Å². The lowest BCUT2D eigenvalue weighted by Gasteiger charge is -2.13. The summed E-state index contributed by atoms with van der Waals surface area (Å²) in [5.74, 6) is 0.462. The summed E-state index contributed by atoms with van der Waals surface area (Å²) in [5, 5.41) is 15.9. The van der Waals surface area contributed by atoms with Crippen molar-refractivity contribution in [1.82, 2.24) is 10.3 Å². The van der Waals surface area contributed by atoms with E-state index in [0.29, 0.717) is 34.9 Å². The minimum Gasteiger partial charge on any atom is -0.476 e. The fraction of sp³-hybridized carbons (Fsp3) is 0.400. The normalized spacial score (nSPS) is 18.0. The van der Waals surface area contributed by atoms with E-state index < -0.39 is 0 Å². The average molecular weight is 287 g/mol. The van der Waals surface area contributed by atoms with Crippen LogP contribution < -0.4 is 10.1 Å². The summed E-state index contributed by atoms with van der Waals surface area (Å²) in [4.78, 5) is 15.1. The van der Waals surface area contributed by atoms with Crippen molar-refractivity contribution < 1.29 is 9.66 Å². The third-order valence-electron chi connectivity index (χ3n) is 3.85. The van der Waals surface area contributed by atoms with Crippen LogP contribution >= 0.6 is 0 Å². The molecule has 6 heteroatoms. The van der Waals surface area contributed by atoms with E-state index >= 15 is 0 Å². The maximum atomic E-state index is 11.2. The number of ether oxygens (including phenoxy) is 1. The van der Waals surface area contributed by atoms with Gasteiger partial charge in [0.05, 0.1) is 15.7 Å². The molecule has 0 saturated carbocycles. The second kappa shape index (κ2) is 5.65. The zero-order valence-corrected chi connectivity index (χ0v) is 11.8. The van der Waals surface area contributed by atoms with Crippen LogP contribution in [0.4, 0.5) is 5.69 Å². The molecule has 2 heterocycles. The van der Waals surface area contributed by atoms with Gasteiger partial charge in [0.2, 0.25) is 5.88 Å². The van der Waals surface area contributed by atoms with Gasteiger partial charge in [-0.05, 0) is 38.4 Å². The highest BCUT2D eigenvalue weighted by Gasteiger charge is 2.19. The Morgan fingerprint density at radius 3 is 3.00 bits per heavy atom. The molecule has 1 atom stereocenters. The van der Waals surface area contributed by atoms with Crippen LogP contribution in [0.1, 0.15) is 18.4 Å². The minimum atomic E-state index is -0.347. The molecule has 0 amide bonds. The number of nitro benzene ring substituents is 1. The van der Waals surface area contributed by atoms with E-state index in [2.05, 4.69) is 10.3 Å². The molecule has 1 aliphatic rings. The lowest BCUT2D eigenvalue weighted by atomic mass is 10.1. The van der Waals surface area contributed by atoms with Crippen molar-refractivity contribution in [2.24, 2.45) is 0 Å². The number of nitrogens with one attached hydrogen (secondary N) is 1. The van der Waals surface area contributed by atoms with Crippen LogP contribution in [0.15, 0.2) is 24.4 Å². The van der Waals surface area contributed by atoms with Crippen LogP contribution in [0, 0.1) is 17.0 Å². The number of fused-ring (bicyclic) bond motifs is 1. The summed E-state index contributed by atoms with van der Waals surface area (Å²) in [5.41, 5.74) is 0.765. The van der Waals surface area contributed by atoms with Gasteiger partial charge in [-0.3, -0.25) is 10.1 Å². The van der Waals surface area contributed by atoms with E-state index in [1.54, 1.807) is 25.3 Å². The molecule has 3 rings (SSSR count). The molecule has 21 heavy (non-hydrogen) atoms. The summed E-state index contributed by atoms with van der Waals surface area (Å²) in [7, 11) is 0. The predicted molar refractivity (Wildman–Crippen MR) is 79.7 cm³/mol. The summed E-state index contributed by atoms with van der Waals surface area (Å²) < 4.78 is 5.78. The fourth-order valence-electron chi connectivity index (χ4n) is 2.76. The number of nitrogens with zero attached hydrogens (tertiary/aromatic N) is 2. The highest BCUT2D eigenvalue weighted by atomic mass is 16.6. The molecule has 0 radical (unpaired) electrons. The number of hydrogen-bond donors (Lipinski definition) is 1. The summed E-state index contributed by atoms with van der Waals surface area (Å²) in [6.45, 7) is 3.29. The Balaban J connectivity index is 1.96. The summed E-state index contributed by atoms with van der Waals surface area (Å²) in [6.07, 6.45) is 3.80. The number of aryl methyl sites for hydroxylation is 1. The third kappa shape index (κ3) is 2.67. The van der Waals surface area contributed by atoms with E-state index in [9.17, 15) is 10.1 Å². The van der Waals surface area contributed by atoms with Gasteiger partial charge in [-0.25, -0.2) is 4.98 Å². The predicted octanol–water partition coefficient (Wildman–Crippen LogP) is 2.58. The Bertz CT molecular complexity index is 681. The number of aromatic nitrogens is 1. The standard InChI is InChI=1S/C15H17N3O3/c1-10-4-5-13-12(14(10)18(19)20)6-8-17-15(13)21-9-11-3-2-7-16-11/h4-6,8,11,16H,2-3,7,9H2,1H3. The molecule has 0 spiro atoms. The molecule has 6 nitrogen and oxygen atoms in total. The number of pyridine rings is 1. The van der Waals surface area contributed by atoms with Gasteiger partial charge in [0.15, 0.2) is 0 Å². The molecular weight excluding hydrogens is 270 g/mol. The van der Waals surface area contributed by atoms with Crippen molar-refractivity contribution in [2.75, 3.05) is 13.2 Å². The molecular formula is C15H17N3O3. The molecule has 1 aliphatic heterocycles. The van der Waals surface area contributed by atoms with Gasteiger partial charge < -0.3 is 10.1 Å². The number of rotatable bonds is 4. The van der Waals surface area contributed by atoms with Crippen molar-refractivity contribution in [2.45, 2.75) is 25.8 Å². The largest absolute Gasteiger partial charge is 0.476 e. The van der Waals surface area contributed by atoms with Gasteiger partial charge in [-0.1, -0.05) is 6.07 Å². The Kier molecular flexibility index (Phi) is 3.70. The topological polar surface area (TPSA) is 77.3 Å². The highest BCUT2D eigenvalue weighted by Crippen LogP contribution is 2.33. The Morgan fingerprint density at radius 1 is 1.43 bits per heavy atom. The lowest BCUT2D eigenvalue weighted by molar-refractivity contribution is -0.383. The fourth-order valence-corrected chi connectivity index (χ4v) is 2.76. The van der Waals surface area contributed by atoms with E-state index in [0.717, 1.165) is 19.4 Å². The lowest BCUT2D eigenvalue weighted by Crippen LogP contribution is -2.28. The quantitative estimate of drug-likeness (QED) is 0.690. The van der Waals surface area contributed by atoms with Crippen LogP contribution in [0.3, 0.4) is 0 Å². The molecule has 1 aromatic heterocycles. The van der Waals surface area contributed by atoms with Gasteiger partial charge >= 0.3 is 0 Å². The monoisotopic (exact) mass is 287 g/mol. The highest BCUT2D eigenvalue weighted by molar-refractivity contribution is 5.95. The van der Waals surface area contributed by atoms with Gasteiger partial charge in [0, 0.05) is 17.8 Å². The van der Waals surface area contributed by atoms with E-state index in [1.807, 2.05) is 6.07 Å². The van der Waals surface area contributed by atoms with Crippen molar-refractivity contribution >= 4 is 16.5 Å². The van der Waals surface area contributed by atoms with E-state index in [1.165, 1.54) is 0 Å². The van der Waals surface area contributed by atoms with E-state index in [-0.39, 0.29) is 10.6 Å². The van der Waals surface area contributed by atoms with Crippen molar-refractivity contribution in [3.05, 3.63) is 40.1 Å². The molecule has 1 unspecified atom stereocenters. The average Bonchev–Trinajstić information content (AvgIpc) is 2.97. The molecule has 1 fully saturated rings. The second-order valence-electron chi connectivity index (χ2n) is 5.30. The van der Waals surface area contributed by atoms with Gasteiger partial charge in [-0.15, -0.1) is 0 Å². The summed E-state index contributed by atoms with van der Waals surface area (Å²) >= 11 is 0. The number of nitro groups is 1. The molecule has 0 bridgehead atoms. The molecule has 0 aliphatic carbocycles. The van der Waals surface area contributed by atoms with Crippen LogP contribution in [-0.2, 0) is 0 Å². The maximum absolute atomic E-state index is 11.2. The smallest absolute Gasteiger partial charge is 0.280 e. The van der Waals surface area contributed by atoms with Crippen molar-refractivity contribution in [3.63, 3.8) is 0 Å². The molecule has 1 saturated heterocycles. The molecule has 110 valence electrons. The minimum absolute atomic E-state index is 0.124. The first-order chi connectivity index (χ1) is 10.2. The Hall–Kier alpha value is -2.21. The SMILES string of the molecule is Cc1ccc2c(OCC3CCCN3)nccc2c1[N+](=O)[O-]. The van der Waals surface area contributed by atoms with Gasteiger partial charge in [-0.2, -0.15) is 0 Å². The molecule has 1 aromatic carbocycles. The molecule has 1 N–H and O–H groups in total. The zero-order chi connectivity index (χ0) is 14.8. The van der Waals surface area contributed by atoms with E-state index in [4.69, 9.17) is 4.74 Å². The van der Waals surface area contributed by atoms with Crippen LogP contribution in [0.25, 0.3) is 10.8 Å². The van der Waals surface area contributed by atoms with Gasteiger partial charge in [0.1, 0.15) is 6.61 Å². The van der Waals surface area contributed by atoms with Crippen LogP contribution in [0.5, 0.6) is 5.88 Å². The first kappa shape index (κ1) is 13.8. The van der Waals surface area contributed by atoms with Gasteiger partial charge in [0.25, 0.3) is 5.69 Å². The second-order valence-corrected chi connectivity index (χ2v) is 5.30. The first-order valence-electron chi connectivity index (χ1n) is 7.05. The number of benzene rings is 1. The van der Waals surface area contributed by atoms with Crippen LogP contribution in [0.2, 0.25) is 0 Å². The zero-order valence-electron chi connectivity index (χ0n) is 11.8. The van der Waals surface area contributed by atoms with Crippen molar-refractivity contribution in [3.8, 4) is 5.88 Å². The first-order valence-corrected chi connectivity index (χ1v) is 7.05. The van der Waals surface area contributed by atoms with Crippen LogP contribution in [-0.4, -0.2) is 29.1 Å². The Labute approximate surface area is 122 Å². The molecule has 2 aromatic rings. The maximum Gasteiger partial charge on any atom is 0.280 e.